The number of benzene rings is 3. The molecule has 3 rings (SSSR count). The van der Waals surface area contributed by atoms with Gasteiger partial charge in [0, 0.05) is 33.5 Å². The number of carbonyl (C=O) groups is 2. The number of hydrogen-bond donors (Lipinski definition) is 3. The molecular formula is C24H23NO5S. The van der Waals surface area contributed by atoms with Gasteiger partial charge in [-0.05, 0) is 42.0 Å². The zero-order valence-electron chi connectivity index (χ0n) is 17.1. The number of phenols is 1. The molecule has 0 bridgehead atoms. The highest BCUT2D eigenvalue weighted by Crippen LogP contribution is 2.36. The van der Waals surface area contributed by atoms with E-state index in [-0.39, 0.29) is 5.75 Å². The monoisotopic (exact) mass is 437 g/mol. The number of ether oxygens (including phenoxy) is 1. The average molecular weight is 438 g/mol. The minimum absolute atomic E-state index is 0.116. The number of carboxylic acid groups (broad SMARTS) is 1. The second kappa shape index (κ2) is 10.0. The summed E-state index contributed by atoms with van der Waals surface area (Å²) in [4.78, 5) is 24.7. The van der Waals surface area contributed by atoms with Crippen molar-refractivity contribution in [2.75, 3.05) is 11.6 Å². The van der Waals surface area contributed by atoms with E-state index in [0.717, 1.165) is 16.4 Å². The van der Waals surface area contributed by atoms with E-state index in [0.29, 0.717) is 16.6 Å². The molecule has 0 spiro atoms. The molecule has 3 aromatic carbocycles. The first-order chi connectivity index (χ1) is 14.9. The van der Waals surface area contributed by atoms with Crippen molar-refractivity contribution in [3.05, 3.63) is 78.4 Å². The van der Waals surface area contributed by atoms with Crippen molar-refractivity contribution < 1.29 is 24.5 Å². The molecule has 0 radical (unpaired) electrons. The van der Waals surface area contributed by atoms with Crippen LogP contribution in [0.1, 0.15) is 18.6 Å². The van der Waals surface area contributed by atoms with Gasteiger partial charge in [-0.1, -0.05) is 43.3 Å². The van der Waals surface area contributed by atoms with Crippen LogP contribution < -0.4 is 5.32 Å². The van der Waals surface area contributed by atoms with Crippen LogP contribution in [0.3, 0.4) is 0 Å². The van der Waals surface area contributed by atoms with E-state index < -0.39 is 24.1 Å². The minimum Gasteiger partial charge on any atom is -0.507 e. The first-order valence-electron chi connectivity index (χ1n) is 9.62. The Morgan fingerprint density at radius 1 is 1.03 bits per heavy atom. The Bertz CT molecular complexity index is 1110. The Hall–Kier alpha value is -3.45. The van der Waals surface area contributed by atoms with Gasteiger partial charge in [0.15, 0.2) is 0 Å². The molecular weight excluding hydrogens is 414 g/mol. The van der Waals surface area contributed by atoms with Crippen molar-refractivity contribution >= 4 is 40.3 Å². The number of hydrogen-bond acceptors (Lipinski definition) is 5. The fourth-order valence-corrected chi connectivity index (χ4v) is 3.69. The fourth-order valence-electron chi connectivity index (χ4n) is 3.28. The van der Waals surface area contributed by atoms with Crippen molar-refractivity contribution in [1.29, 1.82) is 0 Å². The predicted octanol–water partition coefficient (Wildman–Crippen LogP) is 5.83. The van der Waals surface area contributed by atoms with Gasteiger partial charge in [0.1, 0.15) is 11.9 Å². The molecule has 0 aromatic heterocycles. The summed E-state index contributed by atoms with van der Waals surface area (Å²) < 4.78 is 5.76. The molecule has 0 aliphatic rings. The second-order valence-electron chi connectivity index (χ2n) is 6.96. The SMILES string of the molecule is CSc1ccc(NC(=O)O[C@@H](c2ccc(O)c3ccccc23)[C@@H](C)/C=C/C(=O)O)cc1. The molecule has 0 saturated heterocycles. The maximum atomic E-state index is 12.7. The molecule has 31 heavy (non-hydrogen) atoms. The van der Waals surface area contributed by atoms with Crippen LogP contribution >= 0.6 is 11.8 Å². The van der Waals surface area contributed by atoms with Crippen LogP contribution in [0.5, 0.6) is 5.75 Å². The normalized spacial score (nSPS) is 13.1. The van der Waals surface area contributed by atoms with Crippen LogP contribution in [0.4, 0.5) is 10.5 Å². The number of phenolic OH excluding ortho intramolecular Hbond substituents is 1. The van der Waals surface area contributed by atoms with Gasteiger partial charge in [-0.25, -0.2) is 9.59 Å². The molecule has 3 N–H and O–H groups in total. The Labute approximate surface area is 184 Å². The van der Waals surface area contributed by atoms with E-state index in [1.165, 1.54) is 6.08 Å². The van der Waals surface area contributed by atoms with Gasteiger partial charge < -0.3 is 14.9 Å². The lowest BCUT2D eigenvalue weighted by atomic mass is 9.92. The number of aromatic hydroxyl groups is 1. The van der Waals surface area contributed by atoms with Crippen molar-refractivity contribution in [2.45, 2.75) is 17.9 Å². The van der Waals surface area contributed by atoms with Gasteiger partial charge in [0.25, 0.3) is 0 Å². The van der Waals surface area contributed by atoms with Crippen molar-refractivity contribution in [3.8, 4) is 5.75 Å². The lowest BCUT2D eigenvalue weighted by molar-refractivity contribution is -0.131. The van der Waals surface area contributed by atoms with E-state index in [9.17, 15) is 14.7 Å². The molecule has 2 atom stereocenters. The topological polar surface area (TPSA) is 95.9 Å². The smallest absolute Gasteiger partial charge is 0.412 e. The molecule has 6 nitrogen and oxygen atoms in total. The molecule has 0 unspecified atom stereocenters. The summed E-state index contributed by atoms with van der Waals surface area (Å²) in [6.07, 6.45) is 3.05. The number of carboxylic acids is 1. The lowest BCUT2D eigenvalue weighted by Gasteiger charge is -2.24. The van der Waals surface area contributed by atoms with E-state index in [1.54, 1.807) is 55.1 Å². The Balaban J connectivity index is 1.92. The fraction of sp³-hybridized carbons (Fsp3) is 0.167. The molecule has 0 saturated carbocycles. The van der Waals surface area contributed by atoms with Gasteiger partial charge in [-0.15, -0.1) is 11.8 Å². The third kappa shape index (κ3) is 5.58. The quantitative estimate of drug-likeness (QED) is 0.318. The zero-order valence-corrected chi connectivity index (χ0v) is 17.9. The summed E-state index contributed by atoms with van der Waals surface area (Å²) in [5.41, 5.74) is 1.26. The number of anilines is 1. The molecule has 0 fully saturated rings. The van der Waals surface area contributed by atoms with Crippen molar-refractivity contribution in [1.82, 2.24) is 0 Å². The van der Waals surface area contributed by atoms with Crippen molar-refractivity contribution in [3.63, 3.8) is 0 Å². The van der Waals surface area contributed by atoms with Gasteiger partial charge in [-0.3, -0.25) is 5.32 Å². The Morgan fingerprint density at radius 3 is 2.35 bits per heavy atom. The first kappa shape index (κ1) is 22.2. The van der Waals surface area contributed by atoms with Crippen LogP contribution in [-0.2, 0) is 9.53 Å². The lowest BCUT2D eigenvalue weighted by Crippen LogP contribution is -2.21. The molecule has 160 valence electrons. The molecule has 1 amide bonds. The number of carbonyl (C=O) groups excluding carboxylic acids is 1. The van der Waals surface area contributed by atoms with Crippen LogP contribution in [0.25, 0.3) is 10.8 Å². The maximum absolute atomic E-state index is 12.7. The average Bonchev–Trinajstić information content (AvgIpc) is 2.77. The van der Waals surface area contributed by atoms with Gasteiger partial charge >= 0.3 is 12.1 Å². The van der Waals surface area contributed by atoms with Crippen LogP contribution in [0, 0.1) is 5.92 Å². The summed E-state index contributed by atoms with van der Waals surface area (Å²) in [5.74, 6) is -1.40. The molecule has 3 aromatic rings. The summed E-state index contributed by atoms with van der Waals surface area (Å²) in [7, 11) is 0. The number of fused-ring (bicyclic) bond motifs is 1. The van der Waals surface area contributed by atoms with Gasteiger partial charge in [-0.2, -0.15) is 0 Å². The van der Waals surface area contributed by atoms with E-state index in [4.69, 9.17) is 9.84 Å². The highest BCUT2D eigenvalue weighted by atomic mass is 32.2. The Morgan fingerprint density at radius 2 is 1.71 bits per heavy atom. The first-order valence-corrected chi connectivity index (χ1v) is 10.8. The summed E-state index contributed by atoms with van der Waals surface area (Å²) in [6.45, 7) is 1.77. The number of amides is 1. The number of rotatable bonds is 7. The van der Waals surface area contributed by atoms with Gasteiger partial charge in [0.05, 0.1) is 0 Å². The van der Waals surface area contributed by atoms with E-state index >= 15 is 0 Å². The van der Waals surface area contributed by atoms with Crippen molar-refractivity contribution in [2.24, 2.45) is 5.92 Å². The summed E-state index contributed by atoms with van der Waals surface area (Å²) >= 11 is 1.60. The largest absolute Gasteiger partial charge is 0.507 e. The molecule has 0 aliphatic carbocycles. The summed E-state index contributed by atoms with van der Waals surface area (Å²) in [6, 6.07) is 17.8. The highest BCUT2D eigenvalue weighted by Gasteiger charge is 2.25. The molecule has 7 heteroatoms. The second-order valence-corrected chi connectivity index (χ2v) is 7.84. The van der Waals surface area contributed by atoms with Crippen LogP contribution in [-0.4, -0.2) is 28.5 Å². The highest BCUT2D eigenvalue weighted by molar-refractivity contribution is 7.98. The molecule has 0 aliphatic heterocycles. The Kier molecular flexibility index (Phi) is 7.20. The zero-order chi connectivity index (χ0) is 22.4. The number of aliphatic carboxylic acids is 1. The van der Waals surface area contributed by atoms with Crippen LogP contribution in [0.2, 0.25) is 0 Å². The van der Waals surface area contributed by atoms with E-state index in [1.807, 2.05) is 30.5 Å². The number of thioether (sulfide) groups is 1. The van der Waals surface area contributed by atoms with Gasteiger partial charge in [0.2, 0.25) is 0 Å². The third-order valence-electron chi connectivity index (χ3n) is 4.83. The maximum Gasteiger partial charge on any atom is 0.412 e. The number of nitrogens with one attached hydrogen (secondary N) is 1. The third-order valence-corrected chi connectivity index (χ3v) is 5.58. The minimum atomic E-state index is -1.08. The standard InChI is InChI=1S/C24H23NO5S/c1-15(7-14-22(27)28)23(20-12-13-21(26)19-6-4-3-5-18(19)20)30-24(29)25-16-8-10-17(31-2)11-9-16/h3-15,23,26H,1-2H3,(H,25,29)(H,27,28)/b14-7+/t15-,23+/m0/s1. The molecule has 0 heterocycles. The van der Waals surface area contributed by atoms with Crippen LogP contribution in [0.15, 0.2) is 77.7 Å². The predicted molar refractivity (Wildman–Crippen MR) is 123 cm³/mol. The van der Waals surface area contributed by atoms with E-state index in [2.05, 4.69) is 5.32 Å². The summed E-state index contributed by atoms with van der Waals surface area (Å²) in [5, 5.41) is 23.3.